The maximum absolute atomic E-state index is 0. The fraction of sp³-hybridized carbons (Fsp3) is 0. The summed E-state index contributed by atoms with van der Waals surface area (Å²) >= 11 is 0. The summed E-state index contributed by atoms with van der Waals surface area (Å²) < 4.78 is 0. The van der Waals surface area contributed by atoms with Crippen LogP contribution < -0.4 is 0 Å². The Balaban J connectivity index is 0. The van der Waals surface area contributed by atoms with Crippen molar-refractivity contribution >= 4 is 97.8 Å². The molecule has 4 heteroatoms. The van der Waals surface area contributed by atoms with Crippen LogP contribution in [0.5, 0.6) is 0 Å². The average Bonchev–Trinajstić information content (AvgIpc) is 0. The predicted molar refractivity (Wildman–Crippen MR) is 34.2 cm³/mol. The monoisotopic (exact) mass is 494 g/mol. The minimum atomic E-state index is 0. The van der Waals surface area contributed by atoms with Gasteiger partial charge in [0.25, 0.3) is 0 Å². The van der Waals surface area contributed by atoms with Crippen molar-refractivity contribution in [2.24, 2.45) is 0 Å². The van der Waals surface area contributed by atoms with E-state index in [1.165, 1.54) is 0 Å². The summed E-state index contributed by atoms with van der Waals surface area (Å²) in [5.41, 5.74) is 0. The van der Waals surface area contributed by atoms with Gasteiger partial charge in [0.1, 0.15) is 0 Å². The summed E-state index contributed by atoms with van der Waals surface area (Å²) in [6, 6.07) is 0. The van der Waals surface area contributed by atoms with Gasteiger partial charge >= 0.3 is 97.8 Å². The third-order valence-corrected chi connectivity index (χ3v) is 0. The molecule has 0 N–H and O–H groups in total. The Morgan fingerprint density at radius 2 is 1.00 bits per heavy atom. The molecule has 0 aliphatic heterocycles. The van der Waals surface area contributed by atoms with Gasteiger partial charge in [-0.25, -0.2) is 0 Å². The molecular formula is H8InSbSnTe. The van der Waals surface area contributed by atoms with Gasteiger partial charge in [0, 0.05) is 0 Å². The summed E-state index contributed by atoms with van der Waals surface area (Å²) in [4.78, 5) is 0. The summed E-state index contributed by atoms with van der Waals surface area (Å²) in [7, 11) is 0. The van der Waals surface area contributed by atoms with Crippen molar-refractivity contribution in [2.45, 2.75) is 0 Å². The maximum atomic E-state index is 0. The van der Waals surface area contributed by atoms with Crippen molar-refractivity contribution in [2.75, 3.05) is 0 Å². The second-order valence-electron chi connectivity index (χ2n) is 0. The molecule has 0 bridgehead atoms. The van der Waals surface area contributed by atoms with Crippen LogP contribution in [0.3, 0.4) is 0 Å². The third-order valence-electron chi connectivity index (χ3n) is 0. The third kappa shape index (κ3) is 8.99. The standard InChI is InChI=1S/In.Sb.Sn.HTe.7H/h;;;1H;;;;;;;. The van der Waals surface area contributed by atoms with Gasteiger partial charge in [-0.3, -0.25) is 0 Å². The van der Waals surface area contributed by atoms with Crippen LogP contribution in [0.25, 0.3) is 0 Å². The first-order valence-corrected chi connectivity index (χ1v) is 0. The van der Waals surface area contributed by atoms with E-state index in [1.54, 1.807) is 0 Å². The molecule has 0 saturated carbocycles. The van der Waals surface area contributed by atoms with E-state index in [4.69, 9.17) is 0 Å². The van der Waals surface area contributed by atoms with E-state index in [9.17, 15) is 0 Å². The van der Waals surface area contributed by atoms with Crippen LogP contribution in [0.4, 0.5) is 0 Å². The molecule has 0 rings (SSSR count). The fourth-order valence-electron chi connectivity index (χ4n) is 0. The molecular weight excluding hydrogens is 483 g/mol. The van der Waals surface area contributed by atoms with E-state index in [0.717, 1.165) is 0 Å². The first-order chi connectivity index (χ1) is 0. The second kappa shape index (κ2) is 16.3. The Kier molecular flexibility index (Phi) is 109. The van der Waals surface area contributed by atoms with E-state index in [-0.39, 0.29) is 97.8 Å². The van der Waals surface area contributed by atoms with Crippen molar-refractivity contribution in [3.63, 3.8) is 0 Å². The van der Waals surface area contributed by atoms with Crippen molar-refractivity contribution in [1.82, 2.24) is 0 Å². The zero-order valence-electron chi connectivity index (χ0n) is 1.73. The number of hydrogen-bond donors (Lipinski definition) is 0. The van der Waals surface area contributed by atoms with Gasteiger partial charge < -0.3 is 0 Å². The van der Waals surface area contributed by atoms with Crippen molar-refractivity contribution < 1.29 is 0 Å². The van der Waals surface area contributed by atoms with Crippen LogP contribution >= 0.6 is 0 Å². The van der Waals surface area contributed by atoms with Crippen LogP contribution in [0.1, 0.15) is 0 Å². The van der Waals surface area contributed by atoms with Crippen LogP contribution in [-0.2, 0) is 0 Å². The Morgan fingerprint density at radius 3 is 1.00 bits per heavy atom. The molecule has 0 amide bonds. The van der Waals surface area contributed by atoms with Gasteiger partial charge in [-0.15, -0.1) is 0 Å². The molecule has 0 aromatic carbocycles. The van der Waals surface area contributed by atoms with Gasteiger partial charge in [0.05, 0.1) is 0 Å². The molecule has 0 aromatic heterocycles. The Bertz CT molecular complexity index is 8.00. The van der Waals surface area contributed by atoms with Gasteiger partial charge in [-0.05, 0) is 0 Å². The Hall–Kier alpha value is 3.28. The van der Waals surface area contributed by atoms with Crippen molar-refractivity contribution in [3.05, 3.63) is 0 Å². The van der Waals surface area contributed by atoms with Crippen LogP contribution in [0.2, 0.25) is 0 Å². The predicted octanol–water partition coefficient (Wildman–Crippen LogP) is -3.66. The van der Waals surface area contributed by atoms with E-state index in [2.05, 4.69) is 0 Å². The average molecular weight is 491 g/mol. The van der Waals surface area contributed by atoms with Gasteiger partial charge in [0.15, 0.2) is 0 Å². The summed E-state index contributed by atoms with van der Waals surface area (Å²) in [5.74, 6) is 0. The summed E-state index contributed by atoms with van der Waals surface area (Å²) in [5, 5.41) is 0. The molecule has 0 saturated heterocycles. The zero-order valence-corrected chi connectivity index (χ0v) is 11.6. The number of hydrogen-bond acceptors (Lipinski definition) is 0. The molecule has 0 fully saturated rings. The summed E-state index contributed by atoms with van der Waals surface area (Å²) in [6.07, 6.45) is 0. The molecule has 0 spiro atoms. The van der Waals surface area contributed by atoms with E-state index in [0.29, 0.717) is 0 Å². The molecule has 0 aromatic rings. The normalized spacial score (nSPS) is 0. The molecule has 0 aliphatic carbocycles. The van der Waals surface area contributed by atoms with Crippen molar-refractivity contribution in [3.8, 4) is 0 Å². The van der Waals surface area contributed by atoms with Gasteiger partial charge in [-0.2, -0.15) is 0 Å². The quantitative estimate of drug-likeness (QED) is 0.307. The molecule has 26 valence electrons. The Labute approximate surface area is 95.8 Å². The minimum absolute atomic E-state index is 0. The zero-order chi connectivity index (χ0) is 0. The van der Waals surface area contributed by atoms with Crippen LogP contribution in [0, 0.1) is 0 Å². The SMILES string of the molecule is [InH3].[SbH2].[SnH2].[TeH]. The molecule has 4 radical (unpaired) electrons. The Morgan fingerprint density at radius 1 is 1.00 bits per heavy atom. The van der Waals surface area contributed by atoms with E-state index in [1.807, 2.05) is 0 Å². The van der Waals surface area contributed by atoms with Crippen LogP contribution in [0.15, 0.2) is 0 Å². The van der Waals surface area contributed by atoms with Crippen LogP contribution in [-0.4, -0.2) is 97.8 Å². The molecule has 0 aliphatic rings. The van der Waals surface area contributed by atoms with Crippen molar-refractivity contribution in [1.29, 1.82) is 0 Å². The summed E-state index contributed by atoms with van der Waals surface area (Å²) in [6.45, 7) is 0. The molecule has 4 heavy (non-hydrogen) atoms. The van der Waals surface area contributed by atoms with Gasteiger partial charge in [-0.1, -0.05) is 0 Å². The molecule has 0 unspecified atom stereocenters. The van der Waals surface area contributed by atoms with Gasteiger partial charge in [0.2, 0.25) is 0 Å². The van der Waals surface area contributed by atoms with E-state index >= 15 is 0 Å². The topological polar surface area (TPSA) is 0 Å². The number of rotatable bonds is 0. The fourth-order valence-corrected chi connectivity index (χ4v) is 0. The first kappa shape index (κ1) is 26.7. The van der Waals surface area contributed by atoms with E-state index < -0.39 is 0 Å². The molecule has 0 heterocycles. The molecule has 0 atom stereocenters. The first-order valence-electron chi connectivity index (χ1n) is 0. The molecule has 0 nitrogen and oxygen atoms in total. The second-order valence-corrected chi connectivity index (χ2v) is 0.